The molecular formula is C27H32O14. The maximum Gasteiger partial charge on any atom is 0.229 e. The molecule has 41 heavy (non-hydrogen) atoms. The van der Waals surface area contributed by atoms with Crippen LogP contribution >= 0.6 is 0 Å². The number of aliphatic hydroxyl groups excluding tert-OH is 6. The van der Waals surface area contributed by atoms with Gasteiger partial charge in [-0.1, -0.05) is 12.1 Å². The minimum Gasteiger partial charge on any atom is -0.508 e. The molecule has 8 N–H and O–H groups in total. The smallest absolute Gasteiger partial charge is 0.229 e. The second kappa shape index (κ2) is 11.7. The van der Waals surface area contributed by atoms with Crippen molar-refractivity contribution in [3.8, 4) is 23.0 Å². The third-order valence-corrected chi connectivity index (χ3v) is 7.42. The monoisotopic (exact) mass is 580 g/mol. The zero-order chi connectivity index (χ0) is 29.6. The Kier molecular flexibility index (Phi) is 8.39. The van der Waals surface area contributed by atoms with Gasteiger partial charge in [0, 0.05) is 12.1 Å². The summed E-state index contributed by atoms with van der Waals surface area (Å²) in [5.74, 6) is -0.947. The highest BCUT2D eigenvalue weighted by molar-refractivity contribution is 6.02. The number of hydrogen-bond donors (Lipinski definition) is 8. The number of fused-ring (bicyclic) bond motifs is 1. The molecule has 14 heteroatoms. The zero-order valence-electron chi connectivity index (χ0n) is 21.8. The van der Waals surface area contributed by atoms with E-state index < -0.39 is 85.7 Å². The van der Waals surface area contributed by atoms with Crippen molar-refractivity contribution in [3.63, 3.8) is 0 Å². The van der Waals surface area contributed by atoms with Gasteiger partial charge in [-0.15, -0.1) is 0 Å². The van der Waals surface area contributed by atoms with Crippen LogP contribution in [-0.2, 0) is 14.2 Å². The van der Waals surface area contributed by atoms with Gasteiger partial charge in [-0.05, 0) is 24.6 Å². The van der Waals surface area contributed by atoms with Crippen molar-refractivity contribution in [2.24, 2.45) is 0 Å². The minimum atomic E-state index is -1.75. The van der Waals surface area contributed by atoms with Gasteiger partial charge < -0.3 is 64.5 Å². The van der Waals surface area contributed by atoms with Crippen LogP contribution in [0.1, 0.15) is 35.4 Å². The molecule has 5 rings (SSSR count). The maximum atomic E-state index is 12.9. The van der Waals surface area contributed by atoms with Gasteiger partial charge in [-0.3, -0.25) is 4.79 Å². The summed E-state index contributed by atoms with van der Waals surface area (Å²) in [5, 5.41) is 81.6. The molecule has 0 bridgehead atoms. The molecule has 0 amide bonds. The Morgan fingerprint density at radius 3 is 2.27 bits per heavy atom. The van der Waals surface area contributed by atoms with Gasteiger partial charge in [0.25, 0.3) is 0 Å². The van der Waals surface area contributed by atoms with Crippen LogP contribution in [0.4, 0.5) is 0 Å². The predicted molar refractivity (Wildman–Crippen MR) is 134 cm³/mol. The molecule has 3 heterocycles. The molecule has 2 aromatic carbocycles. The highest BCUT2D eigenvalue weighted by atomic mass is 16.8. The van der Waals surface area contributed by atoms with E-state index in [-0.39, 0.29) is 29.2 Å². The van der Waals surface area contributed by atoms with Gasteiger partial charge in [-0.25, -0.2) is 0 Å². The van der Waals surface area contributed by atoms with Gasteiger partial charge in [0.1, 0.15) is 71.3 Å². The average molecular weight is 581 g/mol. The van der Waals surface area contributed by atoms with Crippen LogP contribution < -0.4 is 9.47 Å². The Labute approximate surface area is 233 Å². The van der Waals surface area contributed by atoms with Crippen LogP contribution in [0.3, 0.4) is 0 Å². The molecule has 224 valence electrons. The van der Waals surface area contributed by atoms with Crippen molar-refractivity contribution in [2.45, 2.75) is 80.9 Å². The van der Waals surface area contributed by atoms with Crippen molar-refractivity contribution in [1.29, 1.82) is 0 Å². The molecule has 0 aromatic heterocycles. The molecule has 0 spiro atoms. The standard InChI is InChI=1S/C27H32O14/c1-10-20(32)22(34)24(36)26(37-10)41-25-23(35)21(33)18(9-28)40-27(25)38-13-6-14(30)19-15(31)8-16(39-17(19)7-13)11-2-4-12(29)5-3-11/h2-7,10,16,18,20-30,32-36H,8-9H2,1H3/t10-,16-,18-,20+,21+,22+,23+,24+,25+,26-,27+/m0/s1. The van der Waals surface area contributed by atoms with Gasteiger partial charge in [-0.2, -0.15) is 0 Å². The van der Waals surface area contributed by atoms with E-state index in [0.717, 1.165) is 6.07 Å². The summed E-state index contributed by atoms with van der Waals surface area (Å²) in [5.41, 5.74) is 0.529. The Morgan fingerprint density at radius 1 is 0.878 bits per heavy atom. The van der Waals surface area contributed by atoms with E-state index in [0.29, 0.717) is 5.56 Å². The van der Waals surface area contributed by atoms with Crippen LogP contribution in [-0.4, -0.2) is 115 Å². The number of Topliss-reactive ketones (excluding diaryl/α,β-unsaturated/α-hetero) is 1. The summed E-state index contributed by atoms with van der Waals surface area (Å²) in [6, 6.07) is 8.50. The first-order valence-electron chi connectivity index (χ1n) is 13.0. The van der Waals surface area contributed by atoms with Gasteiger partial charge >= 0.3 is 0 Å². The second-order valence-electron chi connectivity index (χ2n) is 10.2. The fourth-order valence-corrected chi connectivity index (χ4v) is 5.07. The number of benzene rings is 2. The first-order valence-corrected chi connectivity index (χ1v) is 13.0. The Hall–Kier alpha value is -3.05. The summed E-state index contributed by atoms with van der Waals surface area (Å²) >= 11 is 0. The highest BCUT2D eigenvalue weighted by Gasteiger charge is 2.51. The summed E-state index contributed by atoms with van der Waals surface area (Å²) in [6.07, 6.45) is -16.0. The van der Waals surface area contributed by atoms with Crippen LogP contribution in [0.25, 0.3) is 0 Å². The predicted octanol–water partition coefficient (Wildman–Crippen LogP) is -1.17. The fraction of sp³-hybridized carbons (Fsp3) is 0.519. The third-order valence-electron chi connectivity index (χ3n) is 7.42. The summed E-state index contributed by atoms with van der Waals surface area (Å²) in [6.45, 7) is 0.716. The molecule has 0 unspecified atom stereocenters. The van der Waals surface area contributed by atoms with Gasteiger partial charge in [0.2, 0.25) is 6.29 Å². The van der Waals surface area contributed by atoms with E-state index in [2.05, 4.69) is 0 Å². The molecular weight excluding hydrogens is 548 g/mol. The number of hydrogen-bond acceptors (Lipinski definition) is 14. The highest BCUT2D eigenvalue weighted by Crippen LogP contribution is 2.43. The molecule has 0 saturated carbocycles. The number of carbonyl (C=O) groups is 1. The Bertz CT molecular complexity index is 1240. The second-order valence-corrected chi connectivity index (χ2v) is 10.2. The minimum absolute atomic E-state index is 0.0149. The molecule has 3 aliphatic rings. The molecule has 14 nitrogen and oxygen atoms in total. The van der Waals surface area contributed by atoms with Crippen molar-refractivity contribution in [2.75, 3.05) is 6.61 Å². The van der Waals surface area contributed by atoms with Crippen LogP contribution in [0.2, 0.25) is 0 Å². The normalized spacial score (nSPS) is 37.2. The van der Waals surface area contributed by atoms with Crippen LogP contribution in [0.15, 0.2) is 36.4 Å². The lowest BCUT2D eigenvalue weighted by Gasteiger charge is -2.45. The van der Waals surface area contributed by atoms with E-state index in [4.69, 9.17) is 23.7 Å². The van der Waals surface area contributed by atoms with Crippen molar-refractivity contribution in [3.05, 3.63) is 47.5 Å². The topological polar surface area (TPSA) is 225 Å². The lowest BCUT2D eigenvalue weighted by molar-refractivity contribution is -0.354. The van der Waals surface area contributed by atoms with Crippen molar-refractivity contribution < 1.29 is 69.3 Å². The summed E-state index contributed by atoms with van der Waals surface area (Å²) in [7, 11) is 0. The number of rotatable bonds is 6. The fourth-order valence-electron chi connectivity index (χ4n) is 5.07. The molecule has 0 radical (unpaired) electrons. The van der Waals surface area contributed by atoms with Gasteiger partial charge in [0.05, 0.1) is 19.1 Å². The molecule has 2 fully saturated rings. The largest absolute Gasteiger partial charge is 0.508 e. The van der Waals surface area contributed by atoms with E-state index in [1.165, 1.54) is 25.1 Å². The number of carbonyl (C=O) groups excluding carboxylic acids is 1. The molecule has 2 aromatic rings. The quantitative estimate of drug-likeness (QED) is 0.202. The van der Waals surface area contributed by atoms with Crippen molar-refractivity contribution in [1.82, 2.24) is 0 Å². The molecule has 3 aliphatic heterocycles. The maximum absolute atomic E-state index is 12.9. The number of aromatic hydroxyl groups is 2. The van der Waals surface area contributed by atoms with E-state index in [1.807, 2.05) is 0 Å². The molecule has 11 atom stereocenters. The number of ether oxygens (including phenoxy) is 5. The third kappa shape index (κ3) is 5.70. The zero-order valence-corrected chi connectivity index (χ0v) is 21.8. The molecule has 2 saturated heterocycles. The Morgan fingerprint density at radius 2 is 1.59 bits per heavy atom. The molecule has 0 aliphatic carbocycles. The van der Waals surface area contributed by atoms with Crippen LogP contribution in [0.5, 0.6) is 23.0 Å². The van der Waals surface area contributed by atoms with E-state index in [1.54, 1.807) is 12.1 Å². The number of phenolic OH excluding ortho intramolecular Hbond substituents is 2. The first-order chi connectivity index (χ1) is 19.5. The van der Waals surface area contributed by atoms with E-state index in [9.17, 15) is 45.6 Å². The summed E-state index contributed by atoms with van der Waals surface area (Å²) < 4.78 is 28.6. The van der Waals surface area contributed by atoms with Crippen molar-refractivity contribution >= 4 is 5.78 Å². The summed E-state index contributed by atoms with van der Waals surface area (Å²) in [4.78, 5) is 12.9. The number of ketones is 1. The van der Waals surface area contributed by atoms with E-state index >= 15 is 0 Å². The first kappa shape index (κ1) is 29.4. The lowest BCUT2D eigenvalue weighted by atomic mass is 9.95. The SMILES string of the molecule is C[C@@H]1O[C@@H](O[C@H]2[C@H](Oc3cc(O)c4c(c3)O[C@H](c3ccc(O)cc3)CC4=O)O[C@@H](CO)[C@@H](O)[C@H]2O)[C@H](O)[C@H](O)[C@@H]1O. The number of phenols is 2. The average Bonchev–Trinajstić information content (AvgIpc) is 2.94. The Balaban J connectivity index is 1.41. The van der Waals surface area contributed by atoms with Gasteiger partial charge in [0.15, 0.2) is 18.2 Å². The van der Waals surface area contributed by atoms with Crippen LogP contribution in [0, 0.1) is 0 Å². The number of aliphatic hydroxyl groups is 6. The lowest BCUT2D eigenvalue weighted by Crippen LogP contribution is -2.64.